The van der Waals surface area contributed by atoms with Crippen molar-refractivity contribution in [3.8, 4) is 23.0 Å². The number of aliphatic hydroxyl groups is 3. The van der Waals surface area contributed by atoms with Crippen molar-refractivity contribution in [2.45, 2.75) is 121 Å². The molecule has 73 heavy (non-hydrogen) atoms. The molecule has 392 valence electrons. The number of phenols is 2. The van der Waals surface area contributed by atoms with Gasteiger partial charge in [-0.2, -0.15) is 0 Å². The fraction of sp³-hybridized carbons (Fsp3) is 0.458. The second-order valence-corrected chi connectivity index (χ2v) is 17.4. The number of carbonyl (C=O) groups excluding carboxylic acids is 8. The van der Waals surface area contributed by atoms with Crippen LogP contribution in [0.1, 0.15) is 95.2 Å². The van der Waals surface area contributed by atoms with Gasteiger partial charge in [0.15, 0.2) is 47.7 Å². The van der Waals surface area contributed by atoms with Gasteiger partial charge in [-0.25, -0.2) is 14.0 Å². The van der Waals surface area contributed by atoms with Crippen LogP contribution in [0.4, 0.5) is 9.18 Å². The third-order valence-corrected chi connectivity index (χ3v) is 12.5. The number of phenolic OH excluding ortho intramolecular Hbond substituents is 2. The van der Waals surface area contributed by atoms with Crippen LogP contribution in [0.2, 0.25) is 0 Å². The molecule has 2 aliphatic heterocycles. The Hall–Kier alpha value is -7.29. The summed E-state index contributed by atoms with van der Waals surface area (Å²) in [5.41, 5.74) is -4.60. The fourth-order valence-electron chi connectivity index (χ4n) is 9.23. The normalized spacial score (nSPS) is 27.2. The first kappa shape index (κ1) is 53.5. The number of carbonyl (C=O) groups is 8. The van der Waals surface area contributed by atoms with Crippen LogP contribution in [0, 0.1) is 5.82 Å². The van der Waals surface area contributed by atoms with Crippen LogP contribution >= 0.6 is 0 Å². The van der Waals surface area contributed by atoms with Gasteiger partial charge >= 0.3 is 30.0 Å². The molecule has 1 amide bonds. The molecule has 2 aliphatic carbocycles. The van der Waals surface area contributed by atoms with E-state index in [2.05, 4.69) is 5.32 Å². The van der Waals surface area contributed by atoms with Gasteiger partial charge in [-0.15, -0.1) is 0 Å². The lowest BCUT2D eigenvalue weighted by atomic mass is 9.72. The number of nitrogens with one attached hydrogen (secondary N) is 1. The van der Waals surface area contributed by atoms with Gasteiger partial charge in [-0.05, 0) is 30.7 Å². The average molecular weight is 1030 g/mol. The second-order valence-electron chi connectivity index (χ2n) is 17.4. The Morgan fingerprint density at radius 2 is 1.51 bits per heavy atom. The summed E-state index contributed by atoms with van der Waals surface area (Å²) in [6.07, 6.45) is -17.3. The number of benzene rings is 3. The van der Waals surface area contributed by atoms with Gasteiger partial charge in [0.25, 0.3) is 0 Å². The predicted molar refractivity (Wildman–Crippen MR) is 235 cm³/mol. The highest BCUT2D eigenvalue weighted by molar-refractivity contribution is 6.31. The lowest BCUT2D eigenvalue weighted by Crippen LogP contribution is -2.64. The Labute approximate surface area is 413 Å². The van der Waals surface area contributed by atoms with Crippen LogP contribution in [0.25, 0.3) is 0 Å². The van der Waals surface area contributed by atoms with Crippen LogP contribution in [0.15, 0.2) is 36.4 Å². The summed E-state index contributed by atoms with van der Waals surface area (Å²) in [6, 6.07) is 6.16. The summed E-state index contributed by atoms with van der Waals surface area (Å²) in [5.74, 6) is -10.2. The topological polar surface area (TPSA) is 342 Å². The van der Waals surface area contributed by atoms with Crippen molar-refractivity contribution >= 4 is 47.3 Å². The summed E-state index contributed by atoms with van der Waals surface area (Å²) >= 11 is 0. The molecule has 11 atom stereocenters. The monoisotopic (exact) mass is 1030 g/mol. The Morgan fingerprint density at radius 1 is 0.849 bits per heavy atom. The molecule has 7 rings (SSSR count). The molecule has 0 unspecified atom stereocenters. The smallest absolute Gasteiger partial charge is 0.407 e. The summed E-state index contributed by atoms with van der Waals surface area (Å²) < 4.78 is 70.3. The molecule has 0 spiro atoms. The lowest BCUT2D eigenvalue weighted by Gasteiger charge is -2.43. The number of fused-ring (bicyclic) bond motifs is 3. The van der Waals surface area contributed by atoms with E-state index in [0.29, 0.717) is 0 Å². The molecule has 2 fully saturated rings. The van der Waals surface area contributed by atoms with Crippen molar-refractivity contribution in [2.75, 3.05) is 20.8 Å². The maximum atomic E-state index is 15.7. The SMILES string of the molecule is COC(=O)[C@H]1O[C@@H](Oc2ccc(COC(=O)N[C@H]3C[C@H](O[C@H]4C[C@](O)(C(=O)CO)Cc5c(O)c6c(c(O)c54)C(=O)c4c(OC)cccc4C6=O)O[C@@H](C)[C@H]3O)cc2F)[C@H](OC(C)=O)[C@@H](OC(C)=O)[C@@H]1OC(C)=O. The van der Waals surface area contributed by atoms with Gasteiger partial charge in [0.05, 0.1) is 49.2 Å². The van der Waals surface area contributed by atoms with Gasteiger partial charge < -0.3 is 78.2 Å². The Bertz CT molecular complexity index is 2740. The highest BCUT2D eigenvalue weighted by Crippen LogP contribution is 2.52. The second kappa shape index (κ2) is 21.4. The molecule has 3 aromatic rings. The van der Waals surface area contributed by atoms with E-state index in [4.69, 9.17) is 47.4 Å². The molecule has 0 saturated carbocycles. The minimum atomic E-state index is -2.45. The number of rotatable bonds is 14. The maximum Gasteiger partial charge on any atom is 0.407 e. The highest BCUT2D eigenvalue weighted by atomic mass is 19.1. The highest BCUT2D eigenvalue weighted by Gasteiger charge is 2.56. The predicted octanol–water partition coefficient (Wildman–Crippen LogP) is 1.18. The summed E-state index contributed by atoms with van der Waals surface area (Å²) in [5, 5.41) is 58.5. The van der Waals surface area contributed by atoms with Crippen LogP contribution in [0.3, 0.4) is 0 Å². The number of halogens is 1. The molecule has 24 nitrogen and oxygen atoms in total. The van der Waals surface area contributed by atoms with Gasteiger partial charge in [-0.3, -0.25) is 28.8 Å². The number of aliphatic hydroxyl groups excluding tert-OH is 2. The number of hydrogen-bond donors (Lipinski definition) is 6. The van der Waals surface area contributed by atoms with Crippen LogP contribution < -0.4 is 14.8 Å². The van der Waals surface area contributed by atoms with Crippen LogP contribution in [-0.4, -0.2) is 155 Å². The number of aromatic hydroxyl groups is 2. The quantitative estimate of drug-likeness (QED) is 0.0587. The van der Waals surface area contributed by atoms with E-state index in [1.807, 2.05) is 0 Å². The van der Waals surface area contributed by atoms with Crippen LogP contribution in [0.5, 0.6) is 23.0 Å². The van der Waals surface area contributed by atoms with E-state index < -0.39 is 175 Å². The zero-order valence-corrected chi connectivity index (χ0v) is 39.7. The molecule has 0 radical (unpaired) electrons. The molecular formula is C48H50FNO23. The van der Waals surface area contributed by atoms with Crippen molar-refractivity contribution in [2.24, 2.45) is 0 Å². The molecule has 3 aromatic carbocycles. The lowest BCUT2D eigenvalue weighted by molar-refractivity contribution is -0.282. The van der Waals surface area contributed by atoms with Crippen molar-refractivity contribution < 1.29 is 116 Å². The third-order valence-electron chi connectivity index (χ3n) is 12.5. The average Bonchev–Trinajstić information content (AvgIpc) is 3.33. The molecule has 0 aromatic heterocycles. The van der Waals surface area contributed by atoms with Gasteiger partial charge in [0.1, 0.15) is 42.2 Å². The van der Waals surface area contributed by atoms with E-state index in [1.165, 1.54) is 38.3 Å². The molecule has 25 heteroatoms. The number of hydrogen-bond acceptors (Lipinski definition) is 23. The minimum absolute atomic E-state index is 0.0000213. The van der Waals surface area contributed by atoms with Crippen molar-refractivity contribution in [1.29, 1.82) is 0 Å². The van der Waals surface area contributed by atoms with E-state index >= 15 is 4.39 Å². The number of methoxy groups -OCH3 is 2. The van der Waals surface area contributed by atoms with Crippen LogP contribution in [-0.2, 0) is 74.9 Å². The van der Waals surface area contributed by atoms with Gasteiger partial charge in [0.2, 0.25) is 18.2 Å². The number of alkyl carbamates (subject to hydrolysis) is 1. The zero-order valence-electron chi connectivity index (χ0n) is 39.7. The first-order valence-electron chi connectivity index (χ1n) is 22.4. The Balaban J connectivity index is 1.07. The van der Waals surface area contributed by atoms with Crippen molar-refractivity contribution in [1.82, 2.24) is 5.32 Å². The number of Topliss-reactive ketones (excluding diaryl/α,β-unsaturated/α-hetero) is 1. The number of amides is 1. The largest absolute Gasteiger partial charge is 0.507 e. The molecular weight excluding hydrogens is 978 g/mol. The van der Waals surface area contributed by atoms with E-state index in [0.717, 1.165) is 40.0 Å². The molecule has 2 heterocycles. The molecule has 6 N–H and O–H groups in total. The minimum Gasteiger partial charge on any atom is -0.507 e. The maximum absolute atomic E-state index is 15.7. The fourth-order valence-corrected chi connectivity index (χ4v) is 9.23. The first-order chi connectivity index (χ1) is 34.5. The van der Waals surface area contributed by atoms with E-state index in [1.54, 1.807) is 0 Å². The summed E-state index contributed by atoms with van der Waals surface area (Å²) in [6.45, 7) is 2.63. The first-order valence-corrected chi connectivity index (χ1v) is 22.4. The molecule has 4 aliphatic rings. The standard InChI is InChI=1S/C48H50FNO23/c1-18-36(56)26(50-47(62)66-17-22-10-11-27(25(49)12-22)72-46-44(70-21(4)54)42(69-20(3)53)41(68-19(2)52)43(73-46)45(61)65-6)13-31(67-18)71-29-15-48(63,30(55)16-51)14-24-33(29)40(60)35-34(38(24)58)37(57)23-8-7-9-28(64-5)32(23)39(35)59/h7-12,18,26,29,31,36,41-44,46,51,56,58,60,63H,13-17H2,1-6H3,(H,50,62)/t18-,26-,29-,31-,36+,41-,42-,43-,44+,46+,48-/m0/s1. The van der Waals surface area contributed by atoms with E-state index in [-0.39, 0.29) is 40.0 Å². The molecule has 0 bridgehead atoms. The van der Waals surface area contributed by atoms with Gasteiger partial charge in [-0.1, -0.05) is 18.2 Å². The van der Waals surface area contributed by atoms with Crippen molar-refractivity contribution in [3.05, 3.63) is 81.2 Å². The summed E-state index contributed by atoms with van der Waals surface area (Å²) in [7, 11) is 2.24. The Kier molecular flexibility index (Phi) is 15.7. The molecule has 2 saturated heterocycles. The number of ether oxygens (including phenoxy) is 10. The number of ketones is 3. The zero-order chi connectivity index (χ0) is 53.4. The summed E-state index contributed by atoms with van der Waals surface area (Å²) in [4.78, 5) is 103. The third kappa shape index (κ3) is 10.6. The Morgan fingerprint density at radius 3 is 2.14 bits per heavy atom. The van der Waals surface area contributed by atoms with E-state index in [9.17, 15) is 63.9 Å². The van der Waals surface area contributed by atoms with Gasteiger partial charge in [0, 0.05) is 56.7 Å². The number of esters is 4. The van der Waals surface area contributed by atoms with Crippen molar-refractivity contribution in [3.63, 3.8) is 0 Å².